The van der Waals surface area contributed by atoms with Gasteiger partial charge in [-0.2, -0.15) is 0 Å². The first-order valence-corrected chi connectivity index (χ1v) is 11.5. The summed E-state index contributed by atoms with van der Waals surface area (Å²) in [6.45, 7) is 8.33. The molecule has 4 rings (SSSR count). The number of nitrogens with zero attached hydrogens (tertiary/aromatic N) is 4. The van der Waals surface area contributed by atoms with E-state index in [2.05, 4.69) is 44.3 Å². The summed E-state index contributed by atoms with van der Waals surface area (Å²) in [6, 6.07) is 10.1. The number of rotatable bonds is 7. The quantitative estimate of drug-likeness (QED) is 0.572. The van der Waals surface area contributed by atoms with Crippen LogP contribution in [0.3, 0.4) is 0 Å². The van der Waals surface area contributed by atoms with Gasteiger partial charge in [0.15, 0.2) is 0 Å². The van der Waals surface area contributed by atoms with Crippen molar-refractivity contribution in [1.29, 1.82) is 0 Å². The van der Waals surface area contributed by atoms with Crippen LogP contribution >= 0.6 is 0 Å². The van der Waals surface area contributed by atoms with Gasteiger partial charge in [-0.3, -0.25) is 4.79 Å². The maximum Gasteiger partial charge on any atom is 0.242 e. The molecule has 0 saturated carbocycles. The van der Waals surface area contributed by atoms with Crippen LogP contribution in [-0.2, 0) is 4.79 Å². The number of methoxy groups -OCH3 is 1. The monoisotopic (exact) mass is 448 g/mol. The third-order valence-corrected chi connectivity index (χ3v) is 6.27. The molecular formula is C25H32N6O2. The van der Waals surface area contributed by atoms with Gasteiger partial charge in [0, 0.05) is 48.4 Å². The zero-order chi connectivity index (χ0) is 23.4. The number of fused-ring (bicyclic) bond motifs is 1. The molecule has 0 spiro atoms. The van der Waals surface area contributed by atoms with Crippen molar-refractivity contribution < 1.29 is 9.53 Å². The Labute approximate surface area is 194 Å². The molecule has 1 fully saturated rings. The number of piperidine rings is 1. The lowest BCUT2D eigenvalue weighted by molar-refractivity contribution is -0.122. The van der Waals surface area contributed by atoms with E-state index in [-0.39, 0.29) is 11.9 Å². The smallest absolute Gasteiger partial charge is 0.242 e. The third kappa shape index (κ3) is 5.39. The Morgan fingerprint density at radius 1 is 1.06 bits per heavy atom. The molecule has 8 nitrogen and oxygen atoms in total. The summed E-state index contributed by atoms with van der Waals surface area (Å²) in [6.07, 6.45) is 5.25. The van der Waals surface area contributed by atoms with Crippen LogP contribution in [-0.4, -0.2) is 64.1 Å². The second kappa shape index (κ2) is 10.1. The van der Waals surface area contributed by atoms with Crippen molar-refractivity contribution in [1.82, 2.24) is 25.2 Å². The minimum atomic E-state index is -0.419. The van der Waals surface area contributed by atoms with Crippen molar-refractivity contribution in [3.05, 3.63) is 42.9 Å². The van der Waals surface area contributed by atoms with Gasteiger partial charge in [0.1, 0.15) is 18.2 Å². The topological polar surface area (TPSA) is 92.3 Å². The summed E-state index contributed by atoms with van der Waals surface area (Å²) in [5, 5.41) is 7.35. The number of hydrogen-bond donors (Lipinski definition) is 2. The van der Waals surface area contributed by atoms with E-state index in [0.29, 0.717) is 17.7 Å². The highest BCUT2D eigenvalue weighted by Crippen LogP contribution is 2.27. The Hall–Kier alpha value is -3.26. The average Bonchev–Trinajstić information content (AvgIpc) is 2.84. The number of pyridine rings is 1. The van der Waals surface area contributed by atoms with E-state index >= 15 is 0 Å². The summed E-state index contributed by atoms with van der Waals surface area (Å²) in [5.74, 6) is 1.20. The number of amides is 1. The van der Waals surface area contributed by atoms with E-state index in [1.165, 1.54) is 6.33 Å². The van der Waals surface area contributed by atoms with Gasteiger partial charge in [0.2, 0.25) is 11.8 Å². The van der Waals surface area contributed by atoms with Crippen molar-refractivity contribution in [3.63, 3.8) is 0 Å². The first-order chi connectivity index (χ1) is 15.9. The number of hydrogen-bond acceptors (Lipinski definition) is 7. The van der Waals surface area contributed by atoms with Crippen molar-refractivity contribution in [3.8, 4) is 17.0 Å². The van der Waals surface area contributed by atoms with E-state index in [1.807, 2.05) is 37.3 Å². The van der Waals surface area contributed by atoms with Gasteiger partial charge in [-0.1, -0.05) is 6.07 Å². The van der Waals surface area contributed by atoms with Crippen LogP contribution in [0.25, 0.3) is 22.0 Å². The standard InChI is InChI=1S/C25H32N6O2/c1-16(2)31-11-9-20(10-12-31)30-25(32)17(3)29-24-21-13-18(5-7-22(21)27-15-28-24)19-6-8-23(33-4)26-14-19/h5-8,13-17,20H,9-12H2,1-4H3,(H,30,32)(H,27,28,29). The van der Waals surface area contributed by atoms with Gasteiger partial charge in [0.25, 0.3) is 0 Å². The van der Waals surface area contributed by atoms with Crippen LogP contribution in [0, 0.1) is 0 Å². The predicted octanol–water partition coefficient (Wildman–Crippen LogP) is 3.49. The highest BCUT2D eigenvalue weighted by atomic mass is 16.5. The summed E-state index contributed by atoms with van der Waals surface area (Å²) in [4.78, 5) is 28.4. The highest BCUT2D eigenvalue weighted by Gasteiger charge is 2.24. The predicted molar refractivity (Wildman–Crippen MR) is 130 cm³/mol. The fourth-order valence-electron chi connectivity index (χ4n) is 4.18. The lowest BCUT2D eigenvalue weighted by Crippen LogP contribution is -2.49. The summed E-state index contributed by atoms with van der Waals surface area (Å²) < 4.78 is 5.15. The molecule has 8 heteroatoms. The van der Waals surface area contributed by atoms with Gasteiger partial charge in [-0.05, 0) is 57.4 Å². The first-order valence-electron chi connectivity index (χ1n) is 11.5. The van der Waals surface area contributed by atoms with E-state index in [9.17, 15) is 4.79 Å². The van der Waals surface area contributed by atoms with E-state index in [0.717, 1.165) is 48.0 Å². The minimum absolute atomic E-state index is 0.0136. The molecular weight excluding hydrogens is 416 g/mol. The highest BCUT2D eigenvalue weighted by molar-refractivity contribution is 5.94. The van der Waals surface area contributed by atoms with Gasteiger partial charge < -0.3 is 20.3 Å². The second-order valence-corrected chi connectivity index (χ2v) is 8.82. The third-order valence-electron chi connectivity index (χ3n) is 6.27. The number of carbonyl (C=O) groups is 1. The number of carbonyl (C=O) groups excluding carboxylic acids is 1. The SMILES string of the molecule is COc1ccc(-c2ccc3ncnc(NC(C)C(=O)NC4CCN(C(C)C)CC4)c3c2)cn1. The molecule has 1 saturated heterocycles. The number of anilines is 1. The molecule has 1 aliphatic rings. The number of aromatic nitrogens is 3. The molecule has 1 amide bonds. The summed E-state index contributed by atoms with van der Waals surface area (Å²) >= 11 is 0. The average molecular weight is 449 g/mol. The van der Waals surface area contributed by atoms with Crippen molar-refractivity contribution >= 4 is 22.6 Å². The molecule has 33 heavy (non-hydrogen) atoms. The van der Waals surface area contributed by atoms with E-state index in [4.69, 9.17) is 4.74 Å². The molecule has 1 atom stereocenters. The Morgan fingerprint density at radius 3 is 2.48 bits per heavy atom. The van der Waals surface area contributed by atoms with Crippen LogP contribution in [0.5, 0.6) is 5.88 Å². The maximum absolute atomic E-state index is 12.9. The molecule has 0 aliphatic carbocycles. The molecule has 174 valence electrons. The number of likely N-dealkylation sites (tertiary alicyclic amines) is 1. The van der Waals surface area contributed by atoms with Crippen molar-refractivity contribution in [2.45, 2.75) is 51.7 Å². The zero-order valence-corrected chi connectivity index (χ0v) is 19.7. The number of ether oxygens (including phenoxy) is 1. The zero-order valence-electron chi connectivity index (χ0n) is 19.7. The number of benzene rings is 1. The largest absolute Gasteiger partial charge is 0.481 e. The van der Waals surface area contributed by atoms with Gasteiger partial charge >= 0.3 is 0 Å². The molecule has 1 unspecified atom stereocenters. The number of nitrogens with one attached hydrogen (secondary N) is 2. The second-order valence-electron chi connectivity index (χ2n) is 8.82. The molecule has 1 aromatic carbocycles. The fourth-order valence-corrected chi connectivity index (χ4v) is 4.18. The van der Waals surface area contributed by atoms with Gasteiger partial charge in [0.05, 0.1) is 12.6 Å². The fraction of sp³-hybridized carbons (Fsp3) is 0.440. The van der Waals surface area contributed by atoms with Gasteiger partial charge in [-0.15, -0.1) is 0 Å². The van der Waals surface area contributed by atoms with E-state index in [1.54, 1.807) is 13.3 Å². The Balaban J connectivity index is 1.46. The summed E-state index contributed by atoms with van der Waals surface area (Å²) in [7, 11) is 1.60. The van der Waals surface area contributed by atoms with Crippen LogP contribution in [0.4, 0.5) is 5.82 Å². The van der Waals surface area contributed by atoms with Gasteiger partial charge in [-0.25, -0.2) is 15.0 Å². The molecule has 2 N–H and O–H groups in total. The first kappa shape index (κ1) is 22.9. The Kier molecular flexibility index (Phi) is 7.03. The molecule has 1 aliphatic heterocycles. The lowest BCUT2D eigenvalue weighted by atomic mass is 10.0. The van der Waals surface area contributed by atoms with E-state index < -0.39 is 6.04 Å². The van der Waals surface area contributed by atoms with Crippen LogP contribution in [0.2, 0.25) is 0 Å². The van der Waals surface area contributed by atoms with Crippen LogP contribution < -0.4 is 15.4 Å². The molecule has 3 heterocycles. The summed E-state index contributed by atoms with van der Waals surface area (Å²) in [5.41, 5.74) is 2.77. The minimum Gasteiger partial charge on any atom is -0.481 e. The van der Waals surface area contributed by atoms with Crippen molar-refractivity contribution in [2.24, 2.45) is 0 Å². The Morgan fingerprint density at radius 2 is 1.82 bits per heavy atom. The Bertz CT molecular complexity index is 1090. The molecule has 0 radical (unpaired) electrons. The maximum atomic E-state index is 12.9. The molecule has 3 aromatic rings. The van der Waals surface area contributed by atoms with Crippen LogP contribution in [0.1, 0.15) is 33.6 Å². The van der Waals surface area contributed by atoms with Crippen LogP contribution in [0.15, 0.2) is 42.9 Å². The van der Waals surface area contributed by atoms with Crippen molar-refractivity contribution in [2.75, 3.05) is 25.5 Å². The normalized spacial score (nSPS) is 16.0. The molecule has 0 bridgehead atoms. The lowest BCUT2D eigenvalue weighted by Gasteiger charge is -2.35. The molecule has 2 aromatic heterocycles.